The van der Waals surface area contributed by atoms with Crippen molar-refractivity contribution >= 4 is 0 Å². The minimum atomic E-state index is 0.302. The van der Waals surface area contributed by atoms with Crippen molar-refractivity contribution in [2.75, 3.05) is 20.1 Å². The van der Waals surface area contributed by atoms with Gasteiger partial charge >= 0.3 is 0 Å². The first kappa shape index (κ1) is 14.5. The van der Waals surface area contributed by atoms with Gasteiger partial charge in [0, 0.05) is 19.1 Å². The third-order valence-corrected chi connectivity index (χ3v) is 3.85. The lowest BCUT2D eigenvalue weighted by molar-refractivity contribution is 0.175. The summed E-state index contributed by atoms with van der Waals surface area (Å²) in [7, 11) is 2.20. The quantitative estimate of drug-likeness (QED) is 0.877. The minimum Gasteiger partial charge on any atom is -0.329 e. The zero-order valence-electron chi connectivity index (χ0n) is 12.8. The molecule has 0 amide bonds. The van der Waals surface area contributed by atoms with Crippen molar-refractivity contribution in [3.63, 3.8) is 0 Å². The van der Waals surface area contributed by atoms with E-state index in [1.165, 1.54) is 24.0 Å². The number of nitrogens with zero attached hydrogens (tertiary/aromatic N) is 1. The topological polar surface area (TPSA) is 29.3 Å². The Morgan fingerprint density at radius 2 is 1.89 bits per heavy atom. The van der Waals surface area contributed by atoms with Crippen LogP contribution in [0.3, 0.4) is 0 Å². The maximum Gasteiger partial charge on any atom is 0.0470 e. The molecule has 0 spiro atoms. The molecule has 0 saturated heterocycles. The molecule has 0 aromatic heterocycles. The lowest BCUT2D eigenvalue weighted by atomic mass is 9.92. The van der Waals surface area contributed by atoms with E-state index in [2.05, 4.69) is 57.0 Å². The highest BCUT2D eigenvalue weighted by Crippen LogP contribution is 2.43. The van der Waals surface area contributed by atoms with Crippen LogP contribution in [-0.2, 0) is 0 Å². The molecule has 106 valence electrons. The highest BCUT2D eigenvalue weighted by atomic mass is 15.1. The molecule has 0 heterocycles. The SMILES string of the molecule is CN(CC(C)(C)C)C(CN)c1ccccc1C1CC1. The van der Waals surface area contributed by atoms with Gasteiger partial charge in [0.15, 0.2) is 0 Å². The van der Waals surface area contributed by atoms with Gasteiger partial charge < -0.3 is 5.73 Å². The van der Waals surface area contributed by atoms with E-state index >= 15 is 0 Å². The molecule has 2 heteroatoms. The van der Waals surface area contributed by atoms with Crippen LogP contribution >= 0.6 is 0 Å². The van der Waals surface area contributed by atoms with Crippen molar-refractivity contribution in [2.45, 2.75) is 45.6 Å². The maximum absolute atomic E-state index is 6.07. The van der Waals surface area contributed by atoms with Crippen LogP contribution in [0.25, 0.3) is 0 Å². The Hall–Kier alpha value is -0.860. The monoisotopic (exact) mass is 260 g/mol. The van der Waals surface area contributed by atoms with Gasteiger partial charge in [-0.2, -0.15) is 0 Å². The van der Waals surface area contributed by atoms with Crippen molar-refractivity contribution in [1.29, 1.82) is 0 Å². The molecule has 1 atom stereocenters. The summed E-state index contributed by atoms with van der Waals surface area (Å²) < 4.78 is 0. The second-order valence-corrected chi connectivity index (χ2v) is 7.13. The number of likely N-dealkylation sites (N-methyl/N-ethyl adjacent to an activating group) is 1. The number of benzene rings is 1. The van der Waals surface area contributed by atoms with Crippen molar-refractivity contribution in [2.24, 2.45) is 11.1 Å². The fourth-order valence-electron chi connectivity index (χ4n) is 2.98. The van der Waals surface area contributed by atoms with Crippen LogP contribution in [0.5, 0.6) is 0 Å². The van der Waals surface area contributed by atoms with E-state index < -0.39 is 0 Å². The Morgan fingerprint density at radius 1 is 1.26 bits per heavy atom. The Labute approximate surface area is 118 Å². The molecular formula is C17H28N2. The summed E-state index contributed by atoms with van der Waals surface area (Å²) in [5.74, 6) is 0.785. The first-order valence-corrected chi connectivity index (χ1v) is 7.41. The van der Waals surface area contributed by atoms with Crippen molar-refractivity contribution in [1.82, 2.24) is 4.90 Å². The van der Waals surface area contributed by atoms with Crippen LogP contribution < -0.4 is 5.73 Å². The Kier molecular flexibility index (Phi) is 4.32. The smallest absolute Gasteiger partial charge is 0.0470 e. The zero-order valence-corrected chi connectivity index (χ0v) is 12.8. The molecule has 2 rings (SSSR count). The van der Waals surface area contributed by atoms with Gasteiger partial charge in [0.05, 0.1) is 0 Å². The highest BCUT2D eigenvalue weighted by Gasteiger charge is 2.29. The molecule has 1 unspecified atom stereocenters. The lowest BCUT2D eigenvalue weighted by Crippen LogP contribution is -2.36. The highest BCUT2D eigenvalue weighted by molar-refractivity contribution is 5.35. The summed E-state index contributed by atoms with van der Waals surface area (Å²) >= 11 is 0. The maximum atomic E-state index is 6.07. The van der Waals surface area contributed by atoms with Crippen LogP contribution in [0.2, 0.25) is 0 Å². The molecular weight excluding hydrogens is 232 g/mol. The number of hydrogen-bond acceptors (Lipinski definition) is 2. The zero-order chi connectivity index (χ0) is 14.0. The minimum absolute atomic E-state index is 0.302. The first-order chi connectivity index (χ1) is 8.92. The predicted molar refractivity (Wildman–Crippen MR) is 82.3 cm³/mol. The number of nitrogens with two attached hydrogens (primary N) is 1. The summed E-state index contributed by atoms with van der Waals surface area (Å²) in [5, 5.41) is 0. The fourth-order valence-corrected chi connectivity index (χ4v) is 2.98. The summed E-state index contributed by atoms with van der Waals surface area (Å²) in [5.41, 5.74) is 9.34. The molecule has 0 radical (unpaired) electrons. The van der Waals surface area contributed by atoms with Crippen LogP contribution in [0.4, 0.5) is 0 Å². The van der Waals surface area contributed by atoms with E-state index in [9.17, 15) is 0 Å². The van der Waals surface area contributed by atoms with Gasteiger partial charge in [-0.15, -0.1) is 0 Å². The van der Waals surface area contributed by atoms with E-state index in [4.69, 9.17) is 5.73 Å². The Balaban J connectivity index is 2.21. The van der Waals surface area contributed by atoms with E-state index in [-0.39, 0.29) is 0 Å². The van der Waals surface area contributed by atoms with E-state index in [1.807, 2.05) is 0 Å². The molecule has 2 N–H and O–H groups in total. The van der Waals surface area contributed by atoms with Gasteiger partial charge in [0.25, 0.3) is 0 Å². The Morgan fingerprint density at radius 3 is 2.42 bits per heavy atom. The summed E-state index contributed by atoms with van der Waals surface area (Å²) in [4.78, 5) is 2.42. The Bertz CT molecular complexity index is 416. The van der Waals surface area contributed by atoms with Crippen molar-refractivity contribution in [3.05, 3.63) is 35.4 Å². The molecule has 19 heavy (non-hydrogen) atoms. The molecule has 1 aromatic carbocycles. The van der Waals surface area contributed by atoms with Gasteiger partial charge in [-0.1, -0.05) is 45.0 Å². The van der Waals surface area contributed by atoms with Crippen LogP contribution in [-0.4, -0.2) is 25.0 Å². The molecule has 1 fully saturated rings. The van der Waals surface area contributed by atoms with E-state index in [0.29, 0.717) is 18.0 Å². The van der Waals surface area contributed by atoms with Crippen LogP contribution in [0.15, 0.2) is 24.3 Å². The normalized spacial score (nSPS) is 17.8. The van der Waals surface area contributed by atoms with Crippen molar-refractivity contribution < 1.29 is 0 Å². The molecule has 2 nitrogen and oxygen atoms in total. The summed E-state index contributed by atoms with van der Waals surface area (Å²) in [6.07, 6.45) is 2.69. The average molecular weight is 260 g/mol. The standard InChI is InChI=1S/C17H28N2/c1-17(2,3)12-19(4)16(11-18)15-8-6-5-7-14(15)13-9-10-13/h5-8,13,16H,9-12,18H2,1-4H3. The molecule has 1 aliphatic rings. The van der Waals surface area contributed by atoms with Crippen LogP contribution in [0.1, 0.15) is 56.7 Å². The van der Waals surface area contributed by atoms with Gasteiger partial charge in [-0.3, -0.25) is 4.90 Å². The van der Waals surface area contributed by atoms with Gasteiger partial charge in [-0.25, -0.2) is 0 Å². The molecule has 1 aromatic rings. The van der Waals surface area contributed by atoms with Crippen LogP contribution in [0, 0.1) is 5.41 Å². The number of hydrogen-bond donors (Lipinski definition) is 1. The number of rotatable bonds is 5. The second kappa shape index (κ2) is 5.64. The third-order valence-electron chi connectivity index (χ3n) is 3.85. The molecule has 1 aliphatic carbocycles. The first-order valence-electron chi connectivity index (χ1n) is 7.41. The van der Waals surface area contributed by atoms with Gasteiger partial charge in [0.1, 0.15) is 0 Å². The average Bonchev–Trinajstić information content (AvgIpc) is 3.12. The fraction of sp³-hybridized carbons (Fsp3) is 0.647. The van der Waals surface area contributed by atoms with E-state index in [0.717, 1.165) is 12.5 Å². The van der Waals surface area contributed by atoms with Gasteiger partial charge in [0.2, 0.25) is 0 Å². The molecule has 0 aliphatic heterocycles. The summed E-state index contributed by atoms with van der Waals surface area (Å²) in [6.45, 7) is 8.60. The lowest BCUT2D eigenvalue weighted by Gasteiger charge is -2.34. The largest absolute Gasteiger partial charge is 0.329 e. The predicted octanol–water partition coefficient (Wildman–Crippen LogP) is 3.54. The van der Waals surface area contributed by atoms with E-state index in [1.54, 1.807) is 0 Å². The molecule has 0 bridgehead atoms. The van der Waals surface area contributed by atoms with Gasteiger partial charge in [-0.05, 0) is 42.3 Å². The third kappa shape index (κ3) is 3.80. The molecule has 1 saturated carbocycles. The second-order valence-electron chi connectivity index (χ2n) is 7.13. The van der Waals surface area contributed by atoms with Crippen molar-refractivity contribution in [3.8, 4) is 0 Å². The summed E-state index contributed by atoms with van der Waals surface area (Å²) in [6, 6.07) is 9.21.